The van der Waals surface area contributed by atoms with E-state index in [1.54, 1.807) is 24.3 Å². The maximum atomic E-state index is 14.0. The Morgan fingerprint density at radius 2 is 1.52 bits per heavy atom. The van der Waals surface area contributed by atoms with Crippen LogP contribution in [0.25, 0.3) is 0 Å². The van der Waals surface area contributed by atoms with Crippen molar-refractivity contribution >= 4 is 28.5 Å². The first-order valence-corrected chi connectivity index (χ1v) is 11.4. The number of amidine groups is 1. The summed E-state index contributed by atoms with van der Waals surface area (Å²) in [7, 11) is 0. The van der Waals surface area contributed by atoms with Crippen LogP contribution in [0.2, 0.25) is 0 Å². The number of nitrogens with zero attached hydrogens (tertiary/aromatic N) is 2. The van der Waals surface area contributed by atoms with Gasteiger partial charge in [0.05, 0.1) is 11.5 Å². The Bertz CT molecular complexity index is 1010. The average Bonchev–Trinajstić information content (AvgIpc) is 3.17. The second-order valence-corrected chi connectivity index (χ2v) is 9.11. The third kappa shape index (κ3) is 4.14. The molecule has 2 aromatic rings. The third-order valence-electron chi connectivity index (χ3n) is 6.21. The zero-order chi connectivity index (χ0) is 21.4. The summed E-state index contributed by atoms with van der Waals surface area (Å²) in [6.07, 6.45) is 2.82. The molecule has 2 bridgehead atoms. The van der Waals surface area contributed by atoms with Crippen molar-refractivity contribution in [2.24, 2.45) is 22.0 Å². The van der Waals surface area contributed by atoms with Gasteiger partial charge in [0.15, 0.2) is 5.17 Å². The summed E-state index contributed by atoms with van der Waals surface area (Å²) in [5, 5.41) is 15.8. The quantitative estimate of drug-likeness (QED) is 0.698. The molecule has 1 aliphatic carbocycles. The van der Waals surface area contributed by atoms with Crippen LogP contribution in [0.4, 0.5) is 8.78 Å². The molecule has 0 spiro atoms. The van der Waals surface area contributed by atoms with Gasteiger partial charge in [-0.15, -0.1) is 5.10 Å². The van der Waals surface area contributed by atoms with Gasteiger partial charge in [0.2, 0.25) is 5.91 Å². The van der Waals surface area contributed by atoms with Crippen LogP contribution in [0.15, 0.2) is 58.7 Å². The highest BCUT2D eigenvalue weighted by Crippen LogP contribution is 2.46. The summed E-state index contributed by atoms with van der Waals surface area (Å²) < 4.78 is 28.1. The molecule has 0 aromatic heterocycles. The van der Waals surface area contributed by atoms with Gasteiger partial charge in [-0.25, -0.2) is 8.78 Å². The number of nitrogens with one attached hydrogen (secondary N) is 2. The molecule has 3 aliphatic rings. The van der Waals surface area contributed by atoms with E-state index in [0.29, 0.717) is 10.9 Å². The van der Waals surface area contributed by atoms with E-state index in [1.165, 1.54) is 23.9 Å². The molecule has 31 heavy (non-hydrogen) atoms. The number of amides is 1. The molecule has 2 heterocycles. The molecule has 5 nitrogen and oxygen atoms in total. The standard InChI is InChI=1S/C23H22F2N4OS/c24-15-6-1-4-13(10-15)20-17-8-3-9-18(21(27-20)14-5-2-7-16(25)11-14)22(17)28-29-23-26-19(30)12-31-23/h1-2,4-7,10-11,17-18,20-21,27H,3,8-9,12H2,(H,26,29,30). The lowest BCUT2D eigenvalue weighted by atomic mass is 9.67. The van der Waals surface area contributed by atoms with Crippen molar-refractivity contribution in [3.63, 3.8) is 0 Å². The number of fused-ring (bicyclic) bond motifs is 2. The molecule has 3 fully saturated rings. The molecule has 1 saturated carbocycles. The molecule has 1 amide bonds. The molecule has 4 atom stereocenters. The van der Waals surface area contributed by atoms with Crippen LogP contribution in [0, 0.1) is 23.5 Å². The van der Waals surface area contributed by atoms with Gasteiger partial charge in [-0.05, 0) is 48.2 Å². The second kappa shape index (κ2) is 8.51. The largest absolute Gasteiger partial charge is 0.303 e. The summed E-state index contributed by atoms with van der Waals surface area (Å²) in [4.78, 5) is 11.5. The Kier molecular flexibility index (Phi) is 5.58. The lowest BCUT2D eigenvalue weighted by Gasteiger charge is -2.47. The molecule has 8 heteroatoms. The number of benzene rings is 2. The highest BCUT2D eigenvalue weighted by atomic mass is 32.2. The lowest BCUT2D eigenvalue weighted by molar-refractivity contribution is -0.116. The molecular formula is C23H22F2N4OS. The minimum absolute atomic E-state index is 0.0526. The van der Waals surface area contributed by atoms with E-state index >= 15 is 0 Å². The topological polar surface area (TPSA) is 65.8 Å². The first-order valence-electron chi connectivity index (χ1n) is 10.4. The normalized spacial score (nSPS) is 29.2. The maximum Gasteiger partial charge on any atom is 0.236 e. The SMILES string of the molecule is O=C1CS/C(=N\N=C2C3CCCC2C(c2cccc(F)c2)NC3c2cccc(F)c2)N1. The Labute approximate surface area is 183 Å². The number of rotatable bonds is 3. The molecular weight excluding hydrogens is 418 g/mol. The first kappa shape index (κ1) is 20.3. The summed E-state index contributed by atoms with van der Waals surface area (Å²) >= 11 is 1.33. The van der Waals surface area contributed by atoms with Gasteiger partial charge >= 0.3 is 0 Å². The fourth-order valence-electron chi connectivity index (χ4n) is 4.92. The third-order valence-corrected chi connectivity index (χ3v) is 7.08. The Hall–Kier alpha value is -2.58. The van der Waals surface area contributed by atoms with Crippen LogP contribution < -0.4 is 10.6 Å². The van der Waals surface area contributed by atoms with E-state index in [4.69, 9.17) is 0 Å². The number of piperidine rings is 1. The van der Waals surface area contributed by atoms with Gasteiger partial charge in [0, 0.05) is 23.9 Å². The number of hydrogen-bond donors (Lipinski definition) is 2. The zero-order valence-electron chi connectivity index (χ0n) is 16.7. The molecule has 2 aliphatic heterocycles. The average molecular weight is 441 g/mol. The number of halogens is 2. The predicted molar refractivity (Wildman–Crippen MR) is 118 cm³/mol. The van der Waals surface area contributed by atoms with E-state index in [1.807, 2.05) is 12.1 Å². The maximum absolute atomic E-state index is 14.0. The van der Waals surface area contributed by atoms with Gasteiger partial charge in [0.1, 0.15) is 11.6 Å². The smallest absolute Gasteiger partial charge is 0.236 e. The van der Waals surface area contributed by atoms with Crippen LogP contribution in [0.5, 0.6) is 0 Å². The minimum Gasteiger partial charge on any atom is -0.303 e. The van der Waals surface area contributed by atoms with Gasteiger partial charge in [-0.3, -0.25) is 4.79 Å². The summed E-state index contributed by atoms with van der Waals surface area (Å²) in [5.41, 5.74) is 2.62. The van der Waals surface area contributed by atoms with Gasteiger partial charge < -0.3 is 10.6 Å². The van der Waals surface area contributed by atoms with Crippen molar-refractivity contribution in [3.05, 3.63) is 71.3 Å². The monoisotopic (exact) mass is 440 g/mol. The fraction of sp³-hybridized carbons (Fsp3) is 0.348. The second-order valence-electron chi connectivity index (χ2n) is 8.14. The van der Waals surface area contributed by atoms with Crippen molar-refractivity contribution in [1.29, 1.82) is 0 Å². The Balaban J connectivity index is 1.58. The van der Waals surface area contributed by atoms with E-state index in [9.17, 15) is 13.6 Å². The van der Waals surface area contributed by atoms with Crippen LogP contribution in [0.3, 0.4) is 0 Å². The van der Waals surface area contributed by atoms with Gasteiger partial charge in [0.25, 0.3) is 0 Å². The fourth-order valence-corrected chi connectivity index (χ4v) is 5.54. The van der Waals surface area contributed by atoms with Crippen molar-refractivity contribution < 1.29 is 13.6 Å². The van der Waals surface area contributed by atoms with Gasteiger partial charge in [-0.1, -0.05) is 42.4 Å². The first-order chi connectivity index (χ1) is 15.1. The lowest BCUT2D eigenvalue weighted by Crippen LogP contribution is -2.50. The van der Waals surface area contributed by atoms with Crippen molar-refractivity contribution in [2.45, 2.75) is 31.3 Å². The molecule has 0 radical (unpaired) electrons. The predicted octanol–water partition coefficient (Wildman–Crippen LogP) is 4.34. The molecule has 2 aromatic carbocycles. The molecule has 2 saturated heterocycles. The van der Waals surface area contributed by atoms with E-state index < -0.39 is 0 Å². The summed E-state index contributed by atoms with van der Waals surface area (Å²) in [5.74, 6) is -0.208. The summed E-state index contributed by atoms with van der Waals surface area (Å²) in [6.45, 7) is 0. The number of thioether (sulfide) groups is 1. The number of carbonyl (C=O) groups is 1. The molecule has 2 N–H and O–H groups in total. The highest BCUT2D eigenvalue weighted by molar-refractivity contribution is 8.15. The molecule has 160 valence electrons. The van der Waals surface area contributed by atoms with E-state index in [0.717, 1.165) is 36.1 Å². The van der Waals surface area contributed by atoms with Gasteiger partial charge in [-0.2, -0.15) is 5.10 Å². The van der Waals surface area contributed by atoms with E-state index in [2.05, 4.69) is 20.8 Å². The minimum atomic E-state index is -0.289. The van der Waals surface area contributed by atoms with Crippen LogP contribution in [0.1, 0.15) is 42.5 Å². The van der Waals surface area contributed by atoms with Crippen molar-refractivity contribution in [3.8, 4) is 0 Å². The van der Waals surface area contributed by atoms with Crippen molar-refractivity contribution in [1.82, 2.24) is 10.6 Å². The molecule has 4 unspecified atom stereocenters. The number of hydrogen-bond acceptors (Lipinski definition) is 5. The van der Waals surface area contributed by atoms with Crippen LogP contribution >= 0.6 is 11.8 Å². The zero-order valence-corrected chi connectivity index (χ0v) is 17.5. The Morgan fingerprint density at radius 3 is 2.03 bits per heavy atom. The number of carbonyl (C=O) groups excluding carboxylic acids is 1. The summed E-state index contributed by atoms with van der Waals surface area (Å²) in [6, 6.07) is 12.9. The highest BCUT2D eigenvalue weighted by Gasteiger charge is 2.45. The Morgan fingerprint density at radius 1 is 0.903 bits per heavy atom. The van der Waals surface area contributed by atoms with Crippen LogP contribution in [-0.4, -0.2) is 22.5 Å². The van der Waals surface area contributed by atoms with Crippen molar-refractivity contribution in [2.75, 3.05) is 5.75 Å². The van der Waals surface area contributed by atoms with Crippen LogP contribution in [-0.2, 0) is 4.79 Å². The molecule has 5 rings (SSSR count). The van der Waals surface area contributed by atoms with E-state index in [-0.39, 0.29) is 41.5 Å².